The van der Waals surface area contributed by atoms with Gasteiger partial charge in [-0.1, -0.05) is 41.6 Å². The Morgan fingerprint density at radius 3 is 2.17 bits per heavy atom. The van der Waals surface area contributed by atoms with Crippen LogP contribution in [0.2, 0.25) is 0 Å². The summed E-state index contributed by atoms with van der Waals surface area (Å²) in [6.07, 6.45) is 1.34. The fourth-order valence-electron chi connectivity index (χ4n) is 2.88. The van der Waals surface area contributed by atoms with Gasteiger partial charge in [0.25, 0.3) is 0 Å². The molecule has 0 fully saturated rings. The van der Waals surface area contributed by atoms with Gasteiger partial charge in [0.15, 0.2) is 23.0 Å². The highest BCUT2D eigenvalue weighted by atomic mass is 16.5. The molecule has 1 N–H and O–H groups in total. The lowest BCUT2D eigenvalue weighted by Crippen LogP contribution is -2.02. The average Bonchev–Trinajstić information content (AvgIpc) is 2.78. The van der Waals surface area contributed by atoms with Gasteiger partial charge in [-0.3, -0.25) is 0 Å². The Morgan fingerprint density at radius 2 is 1.47 bits per heavy atom. The largest absolute Gasteiger partial charge is 0.493 e. The van der Waals surface area contributed by atoms with Crippen LogP contribution in [-0.4, -0.2) is 25.1 Å². The van der Waals surface area contributed by atoms with Crippen molar-refractivity contribution in [3.8, 4) is 23.0 Å². The fraction of sp³-hybridized carbons (Fsp3) is 0.208. The number of oxime groups is 1. The van der Waals surface area contributed by atoms with E-state index in [1.54, 1.807) is 25.3 Å². The molecule has 0 aromatic heterocycles. The number of methoxy groups -OCH3 is 1. The predicted molar refractivity (Wildman–Crippen MR) is 115 cm³/mol. The third-order valence-corrected chi connectivity index (χ3v) is 4.33. The number of benzene rings is 3. The van der Waals surface area contributed by atoms with E-state index in [0.29, 0.717) is 42.8 Å². The Bertz CT molecular complexity index is 973. The van der Waals surface area contributed by atoms with E-state index in [4.69, 9.17) is 24.2 Å². The standard InChI is InChI=1S/C24H25NO5/c1-3-28-24-13-19(15-25-26)9-11-22(24)30-17-20-10-12-21(23(14-20)27-2)29-16-18-7-5-4-6-8-18/h4-15,26H,3,16-17H2,1-2H3/b25-15+. The summed E-state index contributed by atoms with van der Waals surface area (Å²) in [4.78, 5) is 0. The lowest BCUT2D eigenvalue weighted by molar-refractivity contribution is 0.266. The summed E-state index contributed by atoms with van der Waals surface area (Å²) >= 11 is 0. The highest BCUT2D eigenvalue weighted by Crippen LogP contribution is 2.31. The molecule has 0 bridgehead atoms. The summed E-state index contributed by atoms with van der Waals surface area (Å²) in [7, 11) is 1.62. The molecule has 156 valence electrons. The summed E-state index contributed by atoms with van der Waals surface area (Å²) in [5.74, 6) is 2.51. The minimum Gasteiger partial charge on any atom is -0.493 e. The normalized spacial score (nSPS) is 10.7. The summed E-state index contributed by atoms with van der Waals surface area (Å²) in [6, 6.07) is 21.0. The second-order valence-corrected chi connectivity index (χ2v) is 6.43. The van der Waals surface area contributed by atoms with Crippen molar-refractivity contribution in [1.29, 1.82) is 0 Å². The van der Waals surface area contributed by atoms with Gasteiger partial charge in [-0.2, -0.15) is 0 Å². The molecule has 0 radical (unpaired) electrons. The maximum atomic E-state index is 8.71. The van der Waals surface area contributed by atoms with Crippen molar-refractivity contribution < 1.29 is 24.2 Å². The van der Waals surface area contributed by atoms with Crippen LogP contribution < -0.4 is 18.9 Å². The van der Waals surface area contributed by atoms with E-state index in [1.807, 2.05) is 55.5 Å². The molecule has 0 aliphatic carbocycles. The van der Waals surface area contributed by atoms with Crippen LogP contribution >= 0.6 is 0 Å². The van der Waals surface area contributed by atoms with Crippen LogP contribution in [0, 0.1) is 0 Å². The summed E-state index contributed by atoms with van der Waals surface area (Å²) < 4.78 is 23.0. The van der Waals surface area contributed by atoms with Crippen molar-refractivity contribution in [2.45, 2.75) is 20.1 Å². The van der Waals surface area contributed by atoms with Gasteiger partial charge in [0, 0.05) is 5.56 Å². The molecular formula is C24H25NO5. The molecular weight excluding hydrogens is 382 g/mol. The third kappa shape index (κ3) is 5.67. The van der Waals surface area contributed by atoms with E-state index < -0.39 is 0 Å². The van der Waals surface area contributed by atoms with Crippen LogP contribution in [0.15, 0.2) is 71.9 Å². The van der Waals surface area contributed by atoms with Crippen molar-refractivity contribution in [2.75, 3.05) is 13.7 Å². The number of ether oxygens (including phenoxy) is 4. The second kappa shape index (κ2) is 10.8. The van der Waals surface area contributed by atoms with Crippen LogP contribution in [0.3, 0.4) is 0 Å². The summed E-state index contributed by atoms with van der Waals surface area (Å²) in [5, 5.41) is 11.8. The predicted octanol–water partition coefficient (Wildman–Crippen LogP) is 5.06. The summed E-state index contributed by atoms with van der Waals surface area (Å²) in [5.41, 5.74) is 2.74. The molecule has 0 aliphatic rings. The number of nitrogens with zero attached hydrogens (tertiary/aromatic N) is 1. The van der Waals surface area contributed by atoms with E-state index in [-0.39, 0.29) is 0 Å². The lowest BCUT2D eigenvalue weighted by Gasteiger charge is -2.14. The molecule has 6 heteroatoms. The smallest absolute Gasteiger partial charge is 0.161 e. The molecule has 6 nitrogen and oxygen atoms in total. The van der Waals surface area contributed by atoms with Gasteiger partial charge in [0.1, 0.15) is 13.2 Å². The fourth-order valence-corrected chi connectivity index (χ4v) is 2.88. The number of hydrogen-bond donors (Lipinski definition) is 1. The molecule has 0 saturated carbocycles. The van der Waals surface area contributed by atoms with E-state index in [2.05, 4.69) is 5.16 Å². The molecule has 0 unspecified atom stereocenters. The van der Waals surface area contributed by atoms with Crippen molar-refractivity contribution >= 4 is 6.21 Å². The number of hydrogen-bond acceptors (Lipinski definition) is 6. The van der Waals surface area contributed by atoms with Crippen molar-refractivity contribution in [3.05, 3.63) is 83.4 Å². The highest BCUT2D eigenvalue weighted by molar-refractivity contribution is 5.80. The molecule has 0 aliphatic heterocycles. The quantitative estimate of drug-likeness (QED) is 0.289. The Kier molecular flexibility index (Phi) is 7.55. The van der Waals surface area contributed by atoms with Gasteiger partial charge in [-0.25, -0.2) is 0 Å². The maximum absolute atomic E-state index is 8.71. The minimum absolute atomic E-state index is 0.336. The second-order valence-electron chi connectivity index (χ2n) is 6.43. The molecule has 0 saturated heterocycles. The van der Waals surface area contributed by atoms with Crippen molar-refractivity contribution in [2.24, 2.45) is 5.16 Å². The van der Waals surface area contributed by atoms with Gasteiger partial charge < -0.3 is 24.2 Å². The third-order valence-electron chi connectivity index (χ3n) is 4.33. The first-order valence-corrected chi connectivity index (χ1v) is 9.64. The Labute approximate surface area is 176 Å². The SMILES string of the molecule is CCOc1cc(/C=N/O)ccc1OCc1ccc(OCc2ccccc2)c(OC)c1. The van der Waals surface area contributed by atoms with E-state index in [0.717, 1.165) is 16.7 Å². The number of rotatable bonds is 10. The Balaban J connectivity index is 1.68. The molecule has 0 heterocycles. The van der Waals surface area contributed by atoms with Crippen LogP contribution in [-0.2, 0) is 13.2 Å². The first kappa shape index (κ1) is 21.0. The zero-order valence-electron chi connectivity index (χ0n) is 17.1. The van der Waals surface area contributed by atoms with Crippen molar-refractivity contribution in [3.63, 3.8) is 0 Å². The molecule has 3 rings (SSSR count). The molecule has 0 atom stereocenters. The van der Waals surface area contributed by atoms with Crippen LogP contribution in [0.25, 0.3) is 0 Å². The van der Waals surface area contributed by atoms with Crippen LogP contribution in [0.4, 0.5) is 0 Å². The first-order chi connectivity index (χ1) is 14.7. The monoisotopic (exact) mass is 407 g/mol. The van der Waals surface area contributed by atoms with Gasteiger partial charge in [-0.15, -0.1) is 0 Å². The maximum Gasteiger partial charge on any atom is 0.161 e. The van der Waals surface area contributed by atoms with Crippen molar-refractivity contribution in [1.82, 2.24) is 0 Å². The van der Waals surface area contributed by atoms with Crippen LogP contribution in [0.5, 0.6) is 23.0 Å². The van der Waals surface area contributed by atoms with E-state index in [9.17, 15) is 0 Å². The highest BCUT2D eigenvalue weighted by Gasteiger charge is 2.10. The Hall–Kier alpha value is -3.67. The average molecular weight is 407 g/mol. The van der Waals surface area contributed by atoms with Gasteiger partial charge in [0.2, 0.25) is 0 Å². The van der Waals surface area contributed by atoms with Gasteiger partial charge in [-0.05, 0) is 48.4 Å². The van der Waals surface area contributed by atoms with E-state index in [1.165, 1.54) is 6.21 Å². The molecule has 0 spiro atoms. The van der Waals surface area contributed by atoms with Crippen LogP contribution in [0.1, 0.15) is 23.6 Å². The zero-order valence-corrected chi connectivity index (χ0v) is 17.1. The van der Waals surface area contributed by atoms with Gasteiger partial charge >= 0.3 is 0 Å². The van der Waals surface area contributed by atoms with Gasteiger partial charge in [0.05, 0.1) is 19.9 Å². The molecule has 30 heavy (non-hydrogen) atoms. The topological polar surface area (TPSA) is 69.5 Å². The molecule has 0 amide bonds. The lowest BCUT2D eigenvalue weighted by atomic mass is 10.2. The zero-order chi connectivity index (χ0) is 21.2. The molecule has 3 aromatic carbocycles. The minimum atomic E-state index is 0.336. The summed E-state index contributed by atoms with van der Waals surface area (Å²) in [6.45, 7) is 3.20. The van der Waals surface area contributed by atoms with E-state index >= 15 is 0 Å². The molecule has 3 aromatic rings. The Morgan fingerprint density at radius 1 is 0.767 bits per heavy atom. The first-order valence-electron chi connectivity index (χ1n) is 9.64.